The van der Waals surface area contributed by atoms with Gasteiger partial charge in [0.25, 0.3) is 0 Å². The van der Waals surface area contributed by atoms with Gasteiger partial charge in [-0.2, -0.15) is 0 Å². The van der Waals surface area contributed by atoms with E-state index in [2.05, 4.69) is 6.92 Å². The topological polar surface area (TPSA) is 20.2 Å². The average Bonchev–Trinajstić information content (AvgIpc) is 1.66. The van der Waals surface area contributed by atoms with Crippen LogP contribution < -0.4 is 0 Å². The molecule has 0 saturated carbocycles. The van der Waals surface area contributed by atoms with E-state index in [9.17, 15) is 0 Å². The minimum Gasteiger partial charge on any atom is -0.393 e. The van der Waals surface area contributed by atoms with Gasteiger partial charge in [0.1, 0.15) is 0 Å². The third kappa shape index (κ3) is 5.96. The first-order chi connectivity index (χ1) is 3.77. The van der Waals surface area contributed by atoms with Gasteiger partial charge in [0.05, 0.1) is 6.10 Å². The number of hydrogen-bond donors (Lipinski definition) is 1. The highest BCUT2D eigenvalue weighted by Crippen LogP contribution is 1.99. The normalized spacial score (nSPS) is 13.9. The van der Waals surface area contributed by atoms with E-state index < -0.39 is 0 Å². The Labute approximate surface area is 51.7 Å². The third-order valence-corrected chi connectivity index (χ3v) is 1.07. The summed E-state index contributed by atoms with van der Waals surface area (Å²) in [6.45, 7) is 3.94. The maximum atomic E-state index is 8.72. The monoisotopic (exact) mass is 115 g/mol. The van der Waals surface area contributed by atoms with Gasteiger partial charge in [-0.3, -0.25) is 0 Å². The standard InChI is InChI=1S/C7H15O/c1-3-4-5-6-7(2)8/h6-8H,3-5H2,1-2H3. The molecule has 0 aromatic carbocycles. The van der Waals surface area contributed by atoms with Crippen LogP contribution in [0, 0.1) is 6.42 Å². The summed E-state index contributed by atoms with van der Waals surface area (Å²) in [7, 11) is 0. The molecule has 0 aliphatic carbocycles. The summed E-state index contributed by atoms with van der Waals surface area (Å²) in [5, 5.41) is 8.72. The molecular weight excluding hydrogens is 100 g/mol. The van der Waals surface area contributed by atoms with Crippen LogP contribution in [-0.4, -0.2) is 11.2 Å². The first kappa shape index (κ1) is 7.96. The SMILES string of the molecule is CCCC[CH]C(C)O. The molecule has 0 heterocycles. The fourth-order valence-electron chi connectivity index (χ4n) is 0.563. The van der Waals surface area contributed by atoms with Crippen LogP contribution >= 0.6 is 0 Å². The molecule has 0 amide bonds. The molecule has 1 radical (unpaired) electrons. The lowest BCUT2D eigenvalue weighted by Crippen LogP contribution is -1.98. The maximum Gasteiger partial charge on any atom is 0.0543 e. The van der Waals surface area contributed by atoms with E-state index in [1.165, 1.54) is 12.8 Å². The first-order valence-corrected chi connectivity index (χ1v) is 3.28. The Morgan fingerprint density at radius 2 is 2.25 bits per heavy atom. The molecule has 0 spiro atoms. The molecule has 1 unspecified atom stereocenters. The van der Waals surface area contributed by atoms with E-state index in [0.29, 0.717) is 0 Å². The van der Waals surface area contributed by atoms with Gasteiger partial charge in [-0.15, -0.1) is 0 Å². The number of unbranched alkanes of at least 4 members (excludes halogenated alkanes) is 2. The molecule has 0 aromatic rings. The highest BCUT2D eigenvalue weighted by Gasteiger charge is 1.92. The van der Waals surface area contributed by atoms with Crippen molar-refractivity contribution >= 4 is 0 Å². The molecule has 1 heteroatoms. The Kier molecular flexibility index (Phi) is 5.08. The van der Waals surface area contributed by atoms with Crippen molar-refractivity contribution in [1.29, 1.82) is 0 Å². The lowest BCUT2D eigenvalue weighted by Gasteiger charge is -1.99. The molecule has 0 aliphatic rings. The maximum absolute atomic E-state index is 8.72. The second kappa shape index (κ2) is 5.10. The van der Waals surface area contributed by atoms with Crippen LogP contribution in [-0.2, 0) is 0 Å². The molecule has 1 nitrogen and oxygen atoms in total. The van der Waals surface area contributed by atoms with Gasteiger partial charge in [0.2, 0.25) is 0 Å². The quantitative estimate of drug-likeness (QED) is 0.553. The number of aliphatic hydroxyl groups excluding tert-OH is 1. The molecule has 8 heavy (non-hydrogen) atoms. The van der Waals surface area contributed by atoms with Crippen molar-refractivity contribution in [3.8, 4) is 0 Å². The molecular formula is C7H15O. The first-order valence-electron chi connectivity index (χ1n) is 3.28. The molecule has 0 aliphatic heterocycles. The Hall–Kier alpha value is -0.0400. The van der Waals surface area contributed by atoms with E-state index in [4.69, 9.17) is 5.11 Å². The van der Waals surface area contributed by atoms with E-state index in [1.54, 1.807) is 6.92 Å². The van der Waals surface area contributed by atoms with E-state index in [1.807, 2.05) is 6.42 Å². The van der Waals surface area contributed by atoms with Crippen molar-refractivity contribution in [2.75, 3.05) is 0 Å². The van der Waals surface area contributed by atoms with Crippen molar-refractivity contribution in [1.82, 2.24) is 0 Å². The lowest BCUT2D eigenvalue weighted by atomic mass is 10.1. The molecule has 1 atom stereocenters. The highest BCUT2D eigenvalue weighted by atomic mass is 16.3. The zero-order valence-corrected chi connectivity index (χ0v) is 5.72. The Morgan fingerprint density at radius 3 is 2.62 bits per heavy atom. The average molecular weight is 115 g/mol. The van der Waals surface area contributed by atoms with Gasteiger partial charge in [-0.25, -0.2) is 0 Å². The van der Waals surface area contributed by atoms with E-state index in [0.717, 1.165) is 6.42 Å². The minimum absolute atomic E-state index is 0.221. The van der Waals surface area contributed by atoms with Crippen LogP contribution in [0.1, 0.15) is 33.1 Å². The number of hydrogen-bond acceptors (Lipinski definition) is 1. The zero-order chi connectivity index (χ0) is 6.41. The molecule has 0 saturated heterocycles. The third-order valence-electron chi connectivity index (χ3n) is 1.07. The predicted octanol–water partition coefficient (Wildman–Crippen LogP) is 1.76. The van der Waals surface area contributed by atoms with Crippen molar-refractivity contribution in [3.63, 3.8) is 0 Å². The minimum atomic E-state index is -0.221. The Bertz CT molecular complexity index is 41.7. The van der Waals surface area contributed by atoms with Crippen LogP contribution in [0.25, 0.3) is 0 Å². The van der Waals surface area contributed by atoms with Crippen LogP contribution in [0.5, 0.6) is 0 Å². The molecule has 0 rings (SSSR count). The number of aliphatic hydroxyl groups is 1. The zero-order valence-electron chi connectivity index (χ0n) is 5.72. The largest absolute Gasteiger partial charge is 0.393 e. The van der Waals surface area contributed by atoms with E-state index in [-0.39, 0.29) is 6.10 Å². The second-order valence-electron chi connectivity index (χ2n) is 2.12. The summed E-state index contributed by atoms with van der Waals surface area (Å²) in [6, 6.07) is 0. The summed E-state index contributed by atoms with van der Waals surface area (Å²) in [5.41, 5.74) is 0. The fourth-order valence-corrected chi connectivity index (χ4v) is 0.563. The van der Waals surface area contributed by atoms with Gasteiger partial charge in [0, 0.05) is 0 Å². The summed E-state index contributed by atoms with van der Waals surface area (Å²) < 4.78 is 0. The number of rotatable bonds is 4. The van der Waals surface area contributed by atoms with Gasteiger partial charge < -0.3 is 5.11 Å². The van der Waals surface area contributed by atoms with Crippen LogP contribution in [0.15, 0.2) is 0 Å². The van der Waals surface area contributed by atoms with Crippen molar-refractivity contribution in [3.05, 3.63) is 6.42 Å². The van der Waals surface area contributed by atoms with Gasteiger partial charge in [0.15, 0.2) is 0 Å². The highest BCUT2D eigenvalue weighted by molar-refractivity contribution is 4.69. The summed E-state index contributed by atoms with van der Waals surface area (Å²) >= 11 is 0. The van der Waals surface area contributed by atoms with Crippen LogP contribution in [0.2, 0.25) is 0 Å². The van der Waals surface area contributed by atoms with Crippen molar-refractivity contribution < 1.29 is 5.11 Å². The Balaban J connectivity index is 2.72. The molecule has 0 aromatic heterocycles. The smallest absolute Gasteiger partial charge is 0.0543 e. The Morgan fingerprint density at radius 1 is 1.62 bits per heavy atom. The van der Waals surface area contributed by atoms with Crippen molar-refractivity contribution in [2.45, 2.75) is 39.2 Å². The summed E-state index contributed by atoms with van der Waals surface area (Å²) in [5.74, 6) is 0. The molecule has 0 fully saturated rings. The predicted molar refractivity (Wildman–Crippen MR) is 35.5 cm³/mol. The van der Waals surface area contributed by atoms with Gasteiger partial charge in [-0.1, -0.05) is 19.8 Å². The van der Waals surface area contributed by atoms with Gasteiger partial charge >= 0.3 is 0 Å². The second-order valence-corrected chi connectivity index (χ2v) is 2.12. The van der Waals surface area contributed by atoms with Gasteiger partial charge in [-0.05, 0) is 19.8 Å². The summed E-state index contributed by atoms with van der Waals surface area (Å²) in [6.07, 6.45) is 5.17. The summed E-state index contributed by atoms with van der Waals surface area (Å²) in [4.78, 5) is 0. The lowest BCUT2D eigenvalue weighted by molar-refractivity contribution is 0.222. The van der Waals surface area contributed by atoms with Crippen LogP contribution in [0.3, 0.4) is 0 Å². The molecule has 49 valence electrons. The molecule has 1 N–H and O–H groups in total. The van der Waals surface area contributed by atoms with Crippen LogP contribution in [0.4, 0.5) is 0 Å². The van der Waals surface area contributed by atoms with E-state index >= 15 is 0 Å². The molecule has 0 bridgehead atoms. The fraction of sp³-hybridized carbons (Fsp3) is 0.857. The van der Waals surface area contributed by atoms with Crippen molar-refractivity contribution in [2.24, 2.45) is 0 Å².